The zero-order valence-corrected chi connectivity index (χ0v) is 21.5. The van der Waals surface area contributed by atoms with Gasteiger partial charge in [0.2, 0.25) is 0 Å². The summed E-state index contributed by atoms with van der Waals surface area (Å²) >= 11 is 0.926. The number of carbonyl (C=O) groups is 3. The largest absolute Gasteiger partial charge is 0.507 e. The van der Waals surface area contributed by atoms with Gasteiger partial charge in [0, 0.05) is 18.0 Å². The van der Waals surface area contributed by atoms with Gasteiger partial charge in [0.1, 0.15) is 10.6 Å². The third kappa shape index (κ3) is 4.77. The van der Waals surface area contributed by atoms with Crippen LogP contribution in [-0.4, -0.2) is 53.1 Å². The van der Waals surface area contributed by atoms with Gasteiger partial charge in [-0.1, -0.05) is 17.4 Å². The second-order valence-corrected chi connectivity index (χ2v) is 8.86. The number of rotatable bonds is 8. The summed E-state index contributed by atoms with van der Waals surface area (Å²) in [4.78, 5) is 48.7. The topological polar surface area (TPSA) is 128 Å². The minimum atomic E-state index is -1.06. The van der Waals surface area contributed by atoms with Crippen LogP contribution in [0.25, 0.3) is 5.76 Å². The lowest BCUT2D eigenvalue weighted by atomic mass is 9.95. The van der Waals surface area contributed by atoms with Gasteiger partial charge in [0.25, 0.3) is 5.78 Å². The van der Waals surface area contributed by atoms with Crippen molar-refractivity contribution in [3.63, 3.8) is 0 Å². The van der Waals surface area contributed by atoms with Crippen LogP contribution in [0.1, 0.15) is 46.4 Å². The van der Waals surface area contributed by atoms with Crippen molar-refractivity contribution in [1.29, 1.82) is 0 Å². The highest BCUT2D eigenvalue weighted by Crippen LogP contribution is 2.45. The number of methoxy groups -OCH3 is 1. The van der Waals surface area contributed by atoms with E-state index in [0.29, 0.717) is 41.5 Å². The first kappa shape index (κ1) is 25.8. The summed E-state index contributed by atoms with van der Waals surface area (Å²) < 4.78 is 16.2. The summed E-state index contributed by atoms with van der Waals surface area (Å²) in [5, 5.41) is 11.3. The molecule has 1 saturated heterocycles. The maximum atomic E-state index is 13.4. The molecule has 1 fully saturated rings. The summed E-state index contributed by atoms with van der Waals surface area (Å²) in [5.41, 5.74) is 1.02. The normalized spacial score (nSPS) is 16.6. The first-order valence-electron chi connectivity index (χ1n) is 11.5. The van der Waals surface area contributed by atoms with Gasteiger partial charge in [-0.05, 0) is 50.6 Å². The number of carbonyl (C=O) groups excluding carboxylic acids is 3. The van der Waals surface area contributed by atoms with Crippen LogP contribution in [0.5, 0.6) is 11.5 Å². The maximum Gasteiger partial charge on any atom is 0.350 e. The minimum absolute atomic E-state index is 0.116. The lowest BCUT2D eigenvalue weighted by Crippen LogP contribution is -2.29. The molecule has 192 valence electrons. The predicted octanol–water partition coefficient (Wildman–Crippen LogP) is 4.06. The number of ether oxygens (including phenoxy) is 3. The number of ketones is 1. The summed E-state index contributed by atoms with van der Waals surface area (Å²) in [6.45, 7) is 6.05. The van der Waals surface area contributed by atoms with Crippen molar-refractivity contribution in [1.82, 2.24) is 9.97 Å². The Labute approximate surface area is 217 Å². The molecule has 3 heterocycles. The number of aliphatic hydroxyl groups is 1. The molecule has 1 N–H and O–H groups in total. The van der Waals surface area contributed by atoms with Crippen molar-refractivity contribution in [3.8, 4) is 11.5 Å². The van der Waals surface area contributed by atoms with Crippen molar-refractivity contribution in [2.45, 2.75) is 26.8 Å². The van der Waals surface area contributed by atoms with E-state index in [-0.39, 0.29) is 21.3 Å². The summed E-state index contributed by atoms with van der Waals surface area (Å²) in [5.74, 6) is -1.83. The van der Waals surface area contributed by atoms with Gasteiger partial charge < -0.3 is 19.3 Å². The molecule has 1 unspecified atom stereocenters. The van der Waals surface area contributed by atoms with Gasteiger partial charge >= 0.3 is 11.9 Å². The summed E-state index contributed by atoms with van der Waals surface area (Å²) in [7, 11) is 1.25. The number of benzene rings is 1. The number of thiazole rings is 1. The van der Waals surface area contributed by atoms with E-state index in [1.807, 2.05) is 13.8 Å². The van der Waals surface area contributed by atoms with Gasteiger partial charge in [-0.2, -0.15) is 0 Å². The first-order chi connectivity index (χ1) is 17.8. The highest BCUT2D eigenvalue weighted by molar-refractivity contribution is 7.17. The molecule has 3 aromatic rings. The van der Waals surface area contributed by atoms with Gasteiger partial charge in [-0.3, -0.25) is 19.5 Å². The molecule has 0 bridgehead atoms. The molecule has 1 amide bonds. The van der Waals surface area contributed by atoms with Crippen LogP contribution >= 0.6 is 11.3 Å². The Kier molecular flexibility index (Phi) is 7.53. The Hall–Kier alpha value is -4.25. The number of anilines is 1. The molecule has 0 aliphatic carbocycles. The number of esters is 1. The van der Waals surface area contributed by atoms with Crippen molar-refractivity contribution in [2.75, 3.05) is 25.2 Å². The number of aryl methyl sites for hydroxylation is 1. The average molecular weight is 524 g/mol. The fourth-order valence-electron chi connectivity index (χ4n) is 4.02. The van der Waals surface area contributed by atoms with E-state index in [4.69, 9.17) is 14.2 Å². The Bertz CT molecular complexity index is 1380. The van der Waals surface area contributed by atoms with E-state index >= 15 is 0 Å². The molecule has 37 heavy (non-hydrogen) atoms. The van der Waals surface area contributed by atoms with Crippen LogP contribution in [0.3, 0.4) is 0 Å². The van der Waals surface area contributed by atoms with Gasteiger partial charge in [0.15, 0.2) is 16.6 Å². The van der Waals surface area contributed by atoms with Crippen molar-refractivity contribution >= 4 is 39.9 Å². The molecule has 0 spiro atoms. The molecule has 2 aromatic heterocycles. The van der Waals surface area contributed by atoms with Gasteiger partial charge in [0.05, 0.1) is 37.6 Å². The summed E-state index contributed by atoms with van der Waals surface area (Å²) in [6.07, 6.45) is 2.94. The van der Waals surface area contributed by atoms with Crippen molar-refractivity contribution < 1.29 is 33.7 Å². The zero-order valence-electron chi connectivity index (χ0n) is 20.7. The molecule has 1 aliphatic rings. The molecule has 1 atom stereocenters. The van der Waals surface area contributed by atoms with Crippen LogP contribution in [0.4, 0.5) is 5.13 Å². The number of aromatic nitrogens is 2. The van der Waals surface area contributed by atoms with Gasteiger partial charge in [-0.15, -0.1) is 0 Å². The predicted molar refractivity (Wildman–Crippen MR) is 136 cm³/mol. The fraction of sp³-hybridized carbons (Fsp3) is 0.269. The molecular formula is C26H25N3O7S. The third-order valence-electron chi connectivity index (χ3n) is 5.64. The number of hydrogen-bond acceptors (Lipinski definition) is 10. The smallest absolute Gasteiger partial charge is 0.350 e. The zero-order chi connectivity index (χ0) is 26.7. The quantitative estimate of drug-likeness (QED) is 0.201. The van der Waals surface area contributed by atoms with Crippen LogP contribution < -0.4 is 14.4 Å². The second-order valence-electron chi connectivity index (χ2n) is 7.88. The molecule has 4 rings (SSSR count). The number of nitrogens with zero attached hydrogens (tertiary/aromatic N) is 3. The Morgan fingerprint density at radius 2 is 1.76 bits per heavy atom. The standard InChI is InChI=1S/C26H25N3O7S/c1-5-35-17-8-7-16(13-18(17)36-6-2)20-19(21(30)15-9-11-27-12-10-15)22(31)24(32)29(20)26-28-14(3)23(37-26)25(33)34-4/h7-13,20,30H,5-6H2,1-4H3/b21-19+. The van der Waals surface area contributed by atoms with E-state index in [9.17, 15) is 19.5 Å². The van der Waals surface area contributed by atoms with E-state index < -0.39 is 23.7 Å². The summed E-state index contributed by atoms with van der Waals surface area (Å²) in [6, 6.07) is 7.06. The van der Waals surface area contributed by atoms with Crippen LogP contribution in [0.2, 0.25) is 0 Å². The first-order valence-corrected chi connectivity index (χ1v) is 12.3. The highest BCUT2D eigenvalue weighted by Gasteiger charge is 2.48. The molecule has 1 aromatic carbocycles. The minimum Gasteiger partial charge on any atom is -0.507 e. The van der Waals surface area contributed by atoms with Crippen LogP contribution in [0.15, 0.2) is 48.3 Å². The molecule has 0 saturated carbocycles. The molecular weight excluding hydrogens is 498 g/mol. The number of aliphatic hydroxyl groups excluding tert-OH is 1. The van der Waals surface area contributed by atoms with Gasteiger partial charge in [-0.25, -0.2) is 9.78 Å². The number of hydrogen-bond donors (Lipinski definition) is 1. The molecule has 0 radical (unpaired) electrons. The third-order valence-corrected chi connectivity index (χ3v) is 6.78. The van der Waals surface area contributed by atoms with Crippen LogP contribution in [0, 0.1) is 6.92 Å². The lowest BCUT2D eigenvalue weighted by Gasteiger charge is -2.24. The maximum absolute atomic E-state index is 13.4. The SMILES string of the molecule is CCOc1ccc(C2/C(=C(\O)c3ccncc3)C(=O)C(=O)N2c2nc(C)c(C(=O)OC)s2)cc1OCC. The molecule has 11 heteroatoms. The molecule has 1 aliphatic heterocycles. The Morgan fingerprint density at radius 3 is 2.41 bits per heavy atom. The second kappa shape index (κ2) is 10.8. The van der Waals surface area contributed by atoms with E-state index in [2.05, 4.69) is 9.97 Å². The number of Topliss-reactive ketones (excluding diaryl/α,β-unsaturated/α-hetero) is 1. The van der Waals surface area contributed by atoms with Crippen molar-refractivity contribution in [2.24, 2.45) is 0 Å². The van der Waals surface area contributed by atoms with E-state index in [1.165, 1.54) is 36.5 Å². The van der Waals surface area contributed by atoms with E-state index in [0.717, 1.165) is 11.3 Å². The average Bonchev–Trinajstić information content (AvgIpc) is 3.41. The molecule has 10 nitrogen and oxygen atoms in total. The Balaban J connectivity index is 1.95. The monoisotopic (exact) mass is 523 g/mol. The highest BCUT2D eigenvalue weighted by atomic mass is 32.1. The van der Waals surface area contributed by atoms with Crippen LogP contribution in [-0.2, 0) is 14.3 Å². The number of pyridine rings is 1. The Morgan fingerprint density at radius 1 is 1.08 bits per heavy atom. The van der Waals surface area contributed by atoms with Crippen molar-refractivity contribution in [3.05, 3.63) is 70.0 Å². The number of amides is 1. The fourth-order valence-corrected chi connectivity index (χ4v) is 5.03. The van der Waals surface area contributed by atoms with E-state index in [1.54, 1.807) is 25.1 Å². The lowest BCUT2D eigenvalue weighted by molar-refractivity contribution is -0.132.